The number of hydrogen-bond acceptors (Lipinski definition) is 5. The van der Waals surface area contributed by atoms with Crippen LogP contribution < -0.4 is 21.9 Å². The molecule has 1 aliphatic rings. The average Bonchev–Trinajstić information content (AvgIpc) is 2.98. The van der Waals surface area contributed by atoms with Gasteiger partial charge in [-0.15, -0.1) is 0 Å². The van der Waals surface area contributed by atoms with Crippen LogP contribution in [-0.4, -0.2) is 40.2 Å². The summed E-state index contributed by atoms with van der Waals surface area (Å²) in [7, 11) is 0. The minimum atomic E-state index is -0.912. The molecule has 1 aliphatic heterocycles. The van der Waals surface area contributed by atoms with Crippen LogP contribution in [0.25, 0.3) is 0 Å². The molecule has 3 aromatic carbocycles. The highest BCUT2D eigenvalue weighted by Crippen LogP contribution is 2.21. The Bertz CT molecular complexity index is 1680. The van der Waals surface area contributed by atoms with E-state index in [1.807, 2.05) is 15.9 Å². The van der Waals surface area contributed by atoms with Gasteiger partial charge in [-0.3, -0.25) is 18.8 Å². The summed E-state index contributed by atoms with van der Waals surface area (Å²) >= 11 is 0. The molecule has 2 heterocycles. The van der Waals surface area contributed by atoms with Crippen molar-refractivity contribution in [3.8, 4) is 0 Å². The van der Waals surface area contributed by atoms with Crippen molar-refractivity contribution < 1.29 is 17.6 Å². The SMILES string of the molecule is Cc1c(N2CCN(Cc3cccc(F)c3F)CC2)c(=O)n(C[C@@H](N)c2ccccc2)c(=O)n1Cc1c(F)cccc1F. The molecule has 1 saturated heterocycles. The molecule has 4 aromatic rings. The van der Waals surface area contributed by atoms with Gasteiger partial charge in [-0.2, -0.15) is 0 Å². The number of nitrogens with two attached hydrogens (primary N) is 1. The van der Waals surface area contributed by atoms with Crippen molar-refractivity contribution in [3.05, 3.63) is 133 Å². The monoisotopic (exact) mass is 581 g/mol. The van der Waals surface area contributed by atoms with E-state index in [0.717, 1.165) is 28.3 Å². The summed E-state index contributed by atoms with van der Waals surface area (Å²) in [5, 5.41) is 0. The zero-order valence-electron chi connectivity index (χ0n) is 23.1. The van der Waals surface area contributed by atoms with E-state index < -0.39 is 47.1 Å². The molecule has 220 valence electrons. The number of piperazine rings is 1. The van der Waals surface area contributed by atoms with Crippen molar-refractivity contribution in [2.45, 2.75) is 32.6 Å². The van der Waals surface area contributed by atoms with Gasteiger partial charge in [-0.1, -0.05) is 48.5 Å². The molecule has 11 heteroatoms. The number of hydrogen-bond donors (Lipinski definition) is 1. The Balaban J connectivity index is 1.50. The highest BCUT2D eigenvalue weighted by Gasteiger charge is 2.27. The van der Waals surface area contributed by atoms with Gasteiger partial charge in [0.05, 0.1) is 13.1 Å². The molecule has 2 N–H and O–H groups in total. The summed E-state index contributed by atoms with van der Waals surface area (Å²) in [4.78, 5) is 31.3. The number of nitrogens with zero attached hydrogens (tertiary/aromatic N) is 4. The van der Waals surface area contributed by atoms with E-state index in [1.165, 1.54) is 22.8 Å². The molecule has 0 aliphatic carbocycles. The first-order valence-corrected chi connectivity index (χ1v) is 13.6. The summed E-state index contributed by atoms with van der Waals surface area (Å²) in [5.74, 6) is -3.41. The molecule has 0 radical (unpaired) electrons. The van der Waals surface area contributed by atoms with Crippen LogP contribution in [0.2, 0.25) is 0 Å². The van der Waals surface area contributed by atoms with Gasteiger partial charge in [0.2, 0.25) is 0 Å². The average molecular weight is 582 g/mol. The van der Waals surface area contributed by atoms with Crippen LogP contribution >= 0.6 is 0 Å². The van der Waals surface area contributed by atoms with Gasteiger partial charge in [0.15, 0.2) is 11.6 Å². The van der Waals surface area contributed by atoms with Gasteiger partial charge in [-0.25, -0.2) is 22.4 Å². The van der Waals surface area contributed by atoms with Crippen LogP contribution in [-0.2, 0) is 19.6 Å². The second kappa shape index (κ2) is 12.3. The van der Waals surface area contributed by atoms with Crippen LogP contribution in [0.15, 0.2) is 76.3 Å². The third-order valence-corrected chi connectivity index (χ3v) is 7.76. The predicted octanol–water partition coefficient (Wildman–Crippen LogP) is 3.95. The van der Waals surface area contributed by atoms with Gasteiger partial charge >= 0.3 is 5.69 Å². The second-order valence-electron chi connectivity index (χ2n) is 10.4. The molecular weight excluding hydrogens is 550 g/mol. The summed E-state index contributed by atoms with van der Waals surface area (Å²) in [6.07, 6.45) is 0. The fraction of sp³-hybridized carbons (Fsp3) is 0.290. The number of anilines is 1. The molecule has 7 nitrogen and oxygen atoms in total. The molecule has 42 heavy (non-hydrogen) atoms. The molecule has 5 rings (SSSR count). The predicted molar refractivity (Wildman–Crippen MR) is 152 cm³/mol. The fourth-order valence-corrected chi connectivity index (χ4v) is 5.38. The molecular formula is C31H31F4N5O2. The van der Waals surface area contributed by atoms with Crippen molar-refractivity contribution >= 4 is 5.69 Å². The van der Waals surface area contributed by atoms with Crippen molar-refractivity contribution in [2.24, 2.45) is 5.73 Å². The van der Waals surface area contributed by atoms with E-state index in [4.69, 9.17) is 5.73 Å². The van der Waals surface area contributed by atoms with Crippen LogP contribution in [0.3, 0.4) is 0 Å². The number of benzene rings is 3. The molecule has 1 aromatic heterocycles. The van der Waals surface area contributed by atoms with Crippen LogP contribution in [0.4, 0.5) is 23.2 Å². The Morgan fingerprint density at radius 1 is 0.762 bits per heavy atom. The Morgan fingerprint density at radius 3 is 2.05 bits per heavy atom. The van der Waals surface area contributed by atoms with Crippen LogP contribution in [0, 0.1) is 30.2 Å². The van der Waals surface area contributed by atoms with Gasteiger partial charge in [0, 0.05) is 55.6 Å². The maximum atomic E-state index is 14.6. The largest absolute Gasteiger partial charge is 0.363 e. The van der Waals surface area contributed by atoms with Crippen molar-refractivity contribution in [2.75, 3.05) is 31.1 Å². The zero-order chi connectivity index (χ0) is 30.0. The Kier molecular flexibility index (Phi) is 8.60. The van der Waals surface area contributed by atoms with Crippen molar-refractivity contribution in [3.63, 3.8) is 0 Å². The molecule has 0 amide bonds. The first-order chi connectivity index (χ1) is 20.2. The van der Waals surface area contributed by atoms with Crippen LogP contribution in [0.1, 0.15) is 28.4 Å². The first-order valence-electron chi connectivity index (χ1n) is 13.6. The lowest BCUT2D eigenvalue weighted by Crippen LogP contribution is -2.51. The highest BCUT2D eigenvalue weighted by atomic mass is 19.2. The summed E-state index contributed by atoms with van der Waals surface area (Å²) in [6.45, 7) is 2.77. The van der Waals surface area contributed by atoms with Crippen molar-refractivity contribution in [1.29, 1.82) is 0 Å². The molecule has 0 saturated carbocycles. The van der Waals surface area contributed by atoms with Gasteiger partial charge < -0.3 is 10.6 Å². The van der Waals surface area contributed by atoms with E-state index >= 15 is 0 Å². The topological polar surface area (TPSA) is 76.5 Å². The van der Waals surface area contributed by atoms with Crippen molar-refractivity contribution in [1.82, 2.24) is 14.0 Å². The fourth-order valence-electron chi connectivity index (χ4n) is 5.38. The Morgan fingerprint density at radius 2 is 1.38 bits per heavy atom. The van der Waals surface area contributed by atoms with E-state index in [2.05, 4.69) is 0 Å². The summed E-state index contributed by atoms with van der Waals surface area (Å²) in [6, 6.07) is 15.8. The normalized spacial score (nSPS) is 14.8. The standard InChI is InChI=1S/C31H31F4N5O2/c1-20-29(38-15-13-37(14-16-38)17-22-9-5-12-26(34)28(22)35)30(41)40(19-27(36)21-7-3-2-4-8-21)31(42)39(20)18-23-24(32)10-6-11-25(23)33/h2-12,27H,13-19,36H2,1H3/t27-/m1/s1. The Labute approximate surface area is 240 Å². The maximum absolute atomic E-state index is 14.6. The smallest absolute Gasteiger partial charge is 0.331 e. The number of halogens is 4. The second-order valence-corrected chi connectivity index (χ2v) is 10.4. The molecule has 1 fully saturated rings. The van der Waals surface area contributed by atoms with E-state index in [9.17, 15) is 27.2 Å². The first kappa shape index (κ1) is 29.3. The van der Waals surface area contributed by atoms with Gasteiger partial charge in [0.25, 0.3) is 5.56 Å². The van der Waals surface area contributed by atoms with E-state index in [-0.39, 0.29) is 35.6 Å². The van der Waals surface area contributed by atoms with E-state index in [0.29, 0.717) is 26.2 Å². The Hall–Kier alpha value is -4.22. The van der Waals surface area contributed by atoms with Gasteiger partial charge in [0.1, 0.15) is 17.3 Å². The number of rotatable bonds is 8. The number of aromatic nitrogens is 2. The molecule has 0 spiro atoms. The third-order valence-electron chi connectivity index (χ3n) is 7.76. The summed E-state index contributed by atoms with van der Waals surface area (Å²) < 4.78 is 59.4. The zero-order valence-corrected chi connectivity index (χ0v) is 23.1. The van der Waals surface area contributed by atoms with Gasteiger partial charge in [-0.05, 0) is 30.7 Å². The quantitative estimate of drug-likeness (QED) is 0.319. The third kappa shape index (κ3) is 5.88. The lowest BCUT2D eigenvalue weighted by molar-refractivity contribution is 0.245. The molecule has 0 unspecified atom stereocenters. The molecule has 0 bridgehead atoms. The van der Waals surface area contributed by atoms with Crippen LogP contribution in [0.5, 0.6) is 0 Å². The summed E-state index contributed by atoms with van der Waals surface area (Å²) in [5.41, 5.74) is 6.25. The minimum Gasteiger partial charge on any atom is -0.363 e. The maximum Gasteiger partial charge on any atom is 0.331 e. The molecule has 1 atom stereocenters. The van der Waals surface area contributed by atoms with E-state index in [1.54, 1.807) is 31.2 Å². The minimum absolute atomic E-state index is 0.145. The lowest BCUT2D eigenvalue weighted by Gasteiger charge is -2.37. The lowest BCUT2D eigenvalue weighted by atomic mass is 10.1. The highest BCUT2D eigenvalue weighted by molar-refractivity contribution is 5.50.